The third kappa shape index (κ3) is 3.41. The molecule has 1 aliphatic heterocycles. The van der Waals surface area contributed by atoms with Gasteiger partial charge in [-0.3, -0.25) is 4.79 Å². The van der Waals surface area contributed by atoms with Gasteiger partial charge in [-0.2, -0.15) is 18.3 Å². The number of aromatic nitrogens is 3. The van der Waals surface area contributed by atoms with E-state index >= 15 is 0 Å². The van der Waals surface area contributed by atoms with Crippen molar-refractivity contribution >= 4 is 11.6 Å². The van der Waals surface area contributed by atoms with Crippen molar-refractivity contribution in [1.29, 1.82) is 0 Å². The van der Waals surface area contributed by atoms with Crippen LogP contribution < -0.4 is 0 Å². The molecule has 2 aromatic rings. The third-order valence-electron chi connectivity index (χ3n) is 4.76. The van der Waals surface area contributed by atoms with Crippen molar-refractivity contribution < 1.29 is 18.0 Å². The molecule has 142 valence electrons. The monoisotopic (exact) mass is 368 g/mol. The predicted octanol–water partition coefficient (Wildman–Crippen LogP) is 3.84. The van der Waals surface area contributed by atoms with E-state index in [0.717, 1.165) is 10.6 Å². The van der Waals surface area contributed by atoms with Crippen LogP contribution in [0.2, 0.25) is 0 Å². The van der Waals surface area contributed by atoms with Crippen molar-refractivity contribution in [3.63, 3.8) is 0 Å². The zero-order valence-electron chi connectivity index (χ0n) is 15.3. The number of hydrogen-bond donors (Lipinski definition) is 0. The number of carbonyl (C=O) groups excluding carboxylic acids is 1. The van der Waals surface area contributed by atoms with E-state index in [1.54, 1.807) is 11.0 Å². The smallest absolute Gasteiger partial charge is 0.342 e. The quantitative estimate of drug-likeness (QED) is 0.827. The molecule has 1 amide bonds. The number of fused-ring (bicyclic) bond motifs is 1. The first-order chi connectivity index (χ1) is 12.1. The number of alkyl halides is 3. The Balaban J connectivity index is 1.98. The Morgan fingerprint density at radius 2 is 1.92 bits per heavy atom. The summed E-state index contributed by atoms with van der Waals surface area (Å²) in [5.74, 6) is -0.220. The van der Waals surface area contributed by atoms with Gasteiger partial charge in [0.15, 0.2) is 5.65 Å². The van der Waals surface area contributed by atoms with Gasteiger partial charge in [0.05, 0.1) is 5.69 Å². The van der Waals surface area contributed by atoms with Crippen LogP contribution in [0.15, 0.2) is 12.1 Å². The first kappa shape index (κ1) is 18.7. The number of halogens is 3. The van der Waals surface area contributed by atoms with E-state index in [-0.39, 0.29) is 29.3 Å². The van der Waals surface area contributed by atoms with E-state index in [0.29, 0.717) is 30.9 Å². The van der Waals surface area contributed by atoms with Crippen molar-refractivity contribution in [1.82, 2.24) is 19.5 Å². The highest BCUT2D eigenvalue weighted by Gasteiger charge is 2.36. The average molecular weight is 368 g/mol. The zero-order chi connectivity index (χ0) is 19.2. The number of hydrogen-bond acceptors (Lipinski definition) is 3. The molecule has 0 spiro atoms. The summed E-state index contributed by atoms with van der Waals surface area (Å²) < 4.78 is 41.3. The van der Waals surface area contributed by atoms with Crippen LogP contribution in [-0.2, 0) is 11.0 Å². The molecule has 3 heterocycles. The second-order valence-electron chi connectivity index (χ2n) is 7.48. The highest BCUT2D eigenvalue weighted by Crippen LogP contribution is 2.33. The Morgan fingerprint density at radius 3 is 2.50 bits per heavy atom. The second-order valence-corrected chi connectivity index (χ2v) is 7.48. The maximum atomic E-state index is 13.5. The lowest BCUT2D eigenvalue weighted by molar-refractivity contribution is -0.142. The van der Waals surface area contributed by atoms with Crippen LogP contribution in [0, 0.1) is 5.92 Å². The molecule has 0 aromatic carbocycles. The van der Waals surface area contributed by atoms with Gasteiger partial charge in [-0.05, 0) is 18.4 Å². The molecule has 0 unspecified atom stereocenters. The summed E-state index contributed by atoms with van der Waals surface area (Å²) in [6.07, 6.45) is -3.82. The SMILES string of the molecule is CC(C)C(=O)N1CC[C@@H](c2cc3nc(C(C)C)cc(C(F)(F)F)n3n2)C1. The van der Waals surface area contributed by atoms with Gasteiger partial charge in [0, 0.05) is 36.7 Å². The predicted molar refractivity (Wildman–Crippen MR) is 90.9 cm³/mol. The fourth-order valence-electron chi connectivity index (χ4n) is 3.28. The van der Waals surface area contributed by atoms with Gasteiger partial charge in [-0.1, -0.05) is 27.7 Å². The normalized spacial score (nSPS) is 18.5. The fourth-order valence-corrected chi connectivity index (χ4v) is 3.28. The number of amides is 1. The van der Waals surface area contributed by atoms with Crippen molar-refractivity contribution in [2.45, 2.75) is 52.1 Å². The van der Waals surface area contributed by atoms with Gasteiger partial charge in [-0.15, -0.1) is 0 Å². The number of carbonyl (C=O) groups is 1. The highest BCUT2D eigenvalue weighted by atomic mass is 19.4. The van der Waals surface area contributed by atoms with E-state index in [1.807, 2.05) is 27.7 Å². The highest BCUT2D eigenvalue weighted by molar-refractivity contribution is 5.78. The summed E-state index contributed by atoms with van der Waals surface area (Å²) in [5, 5.41) is 4.20. The zero-order valence-corrected chi connectivity index (χ0v) is 15.3. The fraction of sp³-hybridized carbons (Fsp3) is 0.611. The van der Waals surface area contributed by atoms with E-state index in [4.69, 9.17) is 0 Å². The van der Waals surface area contributed by atoms with Crippen LogP contribution in [0.25, 0.3) is 5.65 Å². The lowest BCUT2D eigenvalue weighted by Crippen LogP contribution is -2.32. The Bertz CT molecular complexity index is 826. The second kappa shape index (κ2) is 6.55. The van der Waals surface area contributed by atoms with Crippen LogP contribution in [0.3, 0.4) is 0 Å². The molecule has 2 aromatic heterocycles. The molecular formula is C18H23F3N4O. The summed E-state index contributed by atoms with van der Waals surface area (Å²) in [6, 6.07) is 2.69. The standard InChI is InChI=1S/C18H23F3N4O/c1-10(2)13-7-15(18(19,20)21)25-16(22-13)8-14(23-25)12-5-6-24(9-12)17(26)11(3)4/h7-8,10-12H,5-6,9H2,1-4H3/t12-/m1/s1. The molecule has 1 saturated heterocycles. The van der Waals surface area contributed by atoms with Crippen LogP contribution in [0.1, 0.15) is 63.0 Å². The molecule has 1 fully saturated rings. The molecule has 1 atom stereocenters. The van der Waals surface area contributed by atoms with Gasteiger partial charge >= 0.3 is 6.18 Å². The molecule has 0 bridgehead atoms. The largest absolute Gasteiger partial charge is 0.433 e. The maximum Gasteiger partial charge on any atom is 0.433 e. The summed E-state index contributed by atoms with van der Waals surface area (Å²) in [4.78, 5) is 18.2. The molecule has 5 nitrogen and oxygen atoms in total. The van der Waals surface area contributed by atoms with E-state index < -0.39 is 11.9 Å². The minimum Gasteiger partial charge on any atom is -0.342 e. The van der Waals surface area contributed by atoms with E-state index in [9.17, 15) is 18.0 Å². The third-order valence-corrected chi connectivity index (χ3v) is 4.76. The van der Waals surface area contributed by atoms with Crippen LogP contribution in [0.4, 0.5) is 13.2 Å². The van der Waals surface area contributed by atoms with Crippen LogP contribution in [0.5, 0.6) is 0 Å². The van der Waals surface area contributed by atoms with Crippen molar-refractivity contribution in [3.8, 4) is 0 Å². The summed E-state index contributed by atoms with van der Waals surface area (Å²) in [5.41, 5.74) is 0.333. The average Bonchev–Trinajstić information content (AvgIpc) is 3.18. The van der Waals surface area contributed by atoms with E-state index in [2.05, 4.69) is 10.1 Å². The lowest BCUT2D eigenvalue weighted by atomic mass is 10.1. The molecule has 0 aliphatic carbocycles. The van der Waals surface area contributed by atoms with Crippen molar-refractivity contribution in [3.05, 3.63) is 29.2 Å². The molecule has 3 rings (SSSR count). The molecule has 0 N–H and O–H groups in total. The molecule has 1 aliphatic rings. The van der Waals surface area contributed by atoms with Gasteiger partial charge in [0.1, 0.15) is 5.69 Å². The first-order valence-corrected chi connectivity index (χ1v) is 8.84. The Kier molecular flexibility index (Phi) is 4.71. The number of likely N-dealkylation sites (tertiary alicyclic amines) is 1. The van der Waals surface area contributed by atoms with Crippen LogP contribution >= 0.6 is 0 Å². The lowest BCUT2D eigenvalue weighted by Gasteiger charge is -2.18. The Morgan fingerprint density at radius 1 is 1.23 bits per heavy atom. The van der Waals surface area contributed by atoms with Crippen molar-refractivity contribution in [2.75, 3.05) is 13.1 Å². The first-order valence-electron chi connectivity index (χ1n) is 8.84. The Labute approximate surface area is 150 Å². The summed E-state index contributed by atoms with van der Waals surface area (Å²) in [6.45, 7) is 8.39. The van der Waals surface area contributed by atoms with Gasteiger partial charge < -0.3 is 4.90 Å². The molecule has 0 saturated carbocycles. The van der Waals surface area contributed by atoms with Crippen molar-refractivity contribution in [2.24, 2.45) is 5.92 Å². The number of rotatable bonds is 3. The minimum absolute atomic E-state index is 0.0625. The summed E-state index contributed by atoms with van der Waals surface area (Å²) in [7, 11) is 0. The van der Waals surface area contributed by atoms with Gasteiger partial charge in [0.2, 0.25) is 5.91 Å². The molecule has 8 heteroatoms. The molecule has 26 heavy (non-hydrogen) atoms. The molecule has 0 radical (unpaired) electrons. The van der Waals surface area contributed by atoms with E-state index in [1.165, 1.54) is 0 Å². The van der Waals surface area contributed by atoms with Crippen LogP contribution in [-0.4, -0.2) is 38.5 Å². The number of nitrogens with zero attached hydrogens (tertiary/aromatic N) is 4. The topological polar surface area (TPSA) is 50.5 Å². The molecular weight excluding hydrogens is 345 g/mol. The Hall–Kier alpha value is -2.12. The van der Waals surface area contributed by atoms with Gasteiger partial charge in [0.25, 0.3) is 0 Å². The minimum atomic E-state index is -4.51. The summed E-state index contributed by atoms with van der Waals surface area (Å²) >= 11 is 0. The van der Waals surface area contributed by atoms with Gasteiger partial charge in [-0.25, -0.2) is 9.50 Å². The maximum absolute atomic E-state index is 13.5.